The highest BCUT2D eigenvalue weighted by atomic mass is 16.5. The van der Waals surface area contributed by atoms with E-state index in [0.717, 1.165) is 5.56 Å². The third-order valence-corrected chi connectivity index (χ3v) is 4.12. The summed E-state index contributed by atoms with van der Waals surface area (Å²) in [6.07, 6.45) is 0.143. The smallest absolute Gasteiger partial charge is 0.272 e. The Balaban J connectivity index is 1.86. The number of carbonyl (C=O) groups is 2. The Morgan fingerprint density at radius 2 is 1.96 bits per heavy atom. The van der Waals surface area contributed by atoms with E-state index in [9.17, 15) is 9.59 Å². The number of anilines is 2. The molecule has 134 valence electrons. The molecule has 1 aliphatic heterocycles. The standard InChI is InChI=1S/C19H20N4O3/c1-12-8-9-17(26-2)14(10-12)21-19(25)15-11-16(18(20)24)23(22-15)13-6-4-3-5-7-13/h3-10,16H,11H2,1-2H3,(H2,20,24)(H,21,25)/t16-/m1/s1. The van der Waals surface area contributed by atoms with Crippen molar-refractivity contribution in [1.29, 1.82) is 0 Å². The zero-order valence-corrected chi connectivity index (χ0v) is 14.6. The normalized spacial score (nSPS) is 16.2. The van der Waals surface area contributed by atoms with E-state index < -0.39 is 17.9 Å². The van der Waals surface area contributed by atoms with Crippen LogP contribution in [0.5, 0.6) is 5.75 Å². The van der Waals surface area contributed by atoms with Gasteiger partial charge in [0.05, 0.1) is 18.5 Å². The predicted molar refractivity (Wildman–Crippen MR) is 100 cm³/mol. The highest BCUT2D eigenvalue weighted by Gasteiger charge is 2.35. The SMILES string of the molecule is COc1ccc(C)cc1NC(=O)C1=NN(c2ccccc2)[C@@H](C(N)=O)C1. The Hall–Kier alpha value is -3.35. The van der Waals surface area contributed by atoms with Gasteiger partial charge in [0.2, 0.25) is 5.91 Å². The van der Waals surface area contributed by atoms with Crippen LogP contribution in [0.4, 0.5) is 11.4 Å². The van der Waals surface area contributed by atoms with Crippen LogP contribution < -0.4 is 20.8 Å². The van der Waals surface area contributed by atoms with Crippen LogP contribution in [0.3, 0.4) is 0 Å². The molecule has 0 saturated carbocycles. The number of hydrogen-bond acceptors (Lipinski definition) is 5. The fourth-order valence-electron chi connectivity index (χ4n) is 2.80. The summed E-state index contributed by atoms with van der Waals surface area (Å²) in [4.78, 5) is 24.5. The maximum absolute atomic E-state index is 12.7. The molecule has 1 atom stereocenters. The van der Waals surface area contributed by atoms with Gasteiger partial charge < -0.3 is 15.8 Å². The number of nitrogens with one attached hydrogen (secondary N) is 1. The maximum Gasteiger partial charge on any atom is 0.272 e. The van der Waals surface area contributed by atoms with Crippen molar-refractivity contribution in [3.63, 3.8) is 0 Å². The zero-order chi connectivity index (χ0) is 18.7. The van der Waals surface area contributed by atoms with Crippen molar-refractivity contribution in [2.45, 2.75) is 19.4 Å². The number of methoxy groups -OCH3 is 1. The molecule has 2 aromatic rings. The van der Waals surface area contributed by atoms with Crippen LogP contribution in [0.15, 0.2) is 53.6 Å². The number of rotatable bonds is 5. The summed E-state index contributed by atoms with van der Waals surface area (Å²) in [5.74, 6) is -0.374. The Bertz CT molecular complexity index is 864. The van der Waals surface area contributed by atoms with Crippen LogP contribution in [0, 0.1) is 6.92 Å². The van der Waals surface area contributed by atoms with Gasteiger partial charge in [-0.1, -0.05) is 24.3 Å². The number of hydrazone groups is 1. The van der Waals surface area contributed by atoms with Gasteiger partial charge in [-0.3, -0.25) is 14.6 Å². The quantitative estimate of drug-likeness (QED) is 0.861. The summed E-state index contributed by atoms with van der Waals surface area (Å²) < 4.78 is 5.27. The Morgan fingerprint density at radius 3 is 2.62 bits per heavy atom. The molecule has 0 radical (unpaired) electrons. The van der Waals surface area contributed by atoms with Crippen LogP contribution in [0.25, 0.3) is 0 Å². The largest absolute Gasteiger partial charge is 0.495 e. The second-order valence-corrected chi connectivity index (χ2v) is 6.01. The summed E-state index contributed by atoms with van der Waals surface area (Å²) in [5.41, 5.74) is 7.97. The third kappa shape index (κ3) is 3.51. The average Bonchev–Trinajstić information content (AvgIpc) is 3.08. The third-order valence-electron chi connectivity index (χ3n) is 4.12. The van der Waals surface area contributed by atoms with Gasteiger partial charge in [-0.05, 0) is 36.8 Å². The van der Waals surface area contributed by atoms with Crippen LogP contribution in [-0.4, -0.2) is 30.7 Å². The van der Waals surface area contributed by atoms with Gasteiger partial charge in [-0.25, -0.2) is 0 Å². The molecule has 26 heavy (non-hydrogen) atoms. The number of amides is 2. The number of ether oxygens (including phenoxy) is 1. The molecule has 2 amide bonds. The average molecular weight is 352 g/mol. The summed E-state index contributed by atoms with van der Waals surface area (Å²) in [6, 6.07) is 13.9. The van der Waals surface area contributed by atoms with Crippen molar-refractivity contribution in [1.82, 2.24) is 0 Å². The molecule has 0 unspecified atom stereocenters. The maximum atomic E-state index is 12.7. The fourth-order valence-corrected chi connectivity index (χ4v) is 2.80. The number of carbonyl (C=O) groups excluding carboxylic acids is 2. The van der Waals surface area contributed by atoms with Crippen LogP contribution >= 0.6 is 0 Å². The molecule has 0 aromatic heterocycles. The molecular weight excluding hydrogens is 332 g/mol. The zero-order valence-electron chi connectivity index (χ0n) is 14.6. The topological polar surface area (TPSA) is 97.0 Å². The van der Waals surface area contributed by atoms with E-state index in [0.29, 0.717) is 17.1 Å². The molecule has 0 fully saturated rings. The highest BCUT2D eigenvalue weighted by molar-refractivity contribution is 6.44. The Kier molecular flexibility index (Phi) is 4.88. The monoisotopic (exact) mass is 352 g/mol. The first-order valence-corrected chi connectivity index (χ1v) is 8.16. The lowest BCUT2D eigenvalue weighted by molar-refractivity contribution is -0.119. The first-order chi connectivity index (χ1) is 12.5. The second-order valence-electron chi connectivity index (χ2n) is 6.01. The van der Waals surface area contributed by atoms with Crippen molar-refractivity contribution in [3.05, 3.63) is 54.1 Å². The number of nitrogens with zero attached hydrogens (tertiary/aromatic N) is 2. The van der Waals surface area contributed by atoms with Crippen molar-refractivity contribution in [2.24, 2.45) is 10.8 Å². The van der Waals surface area contributed by atoms with E-state index in [4.69, 9.17) is 10.5 Å². The number of para-hydroxylation sites is 1. The van der Waals surface area contributed by atoms with Gasteiger partial charge >= 0.3 is 0 Å². The van der Waals surface area contributed by atoms with E-state index in [1.807, 2.05) is 49.4 Å². The molecule has 2 aromatic carbocycles. The first-order valence-electron chi connectivity index (χ1n) is 8.16. The van der Waals surface area contributed by atoms with Crippen LogP contribution in [-0.2, 0) is 9.59 Å². The molecule has 7 nitrogen and oxygen atoms in total. The van der Waals surface area contributed by atoms with E-state index >= 15 is 0 Å². The van der Waals surface area contributed by atoms with Crippen LogP contribution in [0.2, 0.25) is 0 Å². The van der Waals surface area contributed by atoms with Gasteiger partial charge in [0.25, 0.3) is 5.91 Å². The number of aryl methyl sites for hydroxylation is 1. The van der Waals surface area contributed by atoms with Gasteiger partial charge in [0.15, 0.2) is 0 Å². The first kappa shape index (κ1) is 17.5. The molecular formula is C19H20N4O3. The van der Waals surface area contributed by atoms with Gasteiger partial charge in [0, 0.05) is 6.42 Å². The van der Waals surface area contributed by atoms with E-state index in [1.54, 1.807) is 6.07 Å². The van der Waals surface area contributed by atoms with Gasteiger partial charge in [-0.15, -0.1) is 0 Å². The van der Waals surface area contributed by atoms with Crippen molar-refractivity contribution < 1.29 is 14.3 Å². The van der Waals surface area contributed by atoms with Crippen molar-refractivity contribution >= 4 is 28.9 Å². The Labute approximate surface area is 151 Å². The predicted octanol–water partition coefficient (Wildman–Crippen LogP) is 2.06. The lowest BCUT2D eigenvalue weighted by Gasteiger charge is -2.20. The van der Waals surface area contributed by atoms with E-state index in [2.05, 4.69) is 10.4 Å². The van der Waals surface area contributed by atoms with Gasteiger partial charge in [-0.2, -0.15) is 5.10 Å². The molecule has 1 aliphatic rings. The summed E-state index contributed by atoms with van der Waals surface area (Å²) >= 11 is 0. The fraction of sp³-hybridized carbons (Fsp3) is 0.211. The lowest BCUT2D eigenvalue weighted by Crippen LogP contribution is -2.39. The molecule has 0 bridgehead atoms. The Morgan fingerprint density at radius 1 is 1.23 bits per heavy atom. The summed E-state index contributed by atoms with van der Waals surface area (Å²) in [6.45, 7) is 1.92. The molecule has 7 heteroatoms. The highest BCUT2D eigenvalue weighted by Crippen LogP contribution is 2.27. The number of benzene rings is 2. The molecule has 3 N–H and O–H groups in total. The van der Waals surface area contributed by atoms with E-state index in [-0.39, 0.29) is 12.1 Å². The summed E-state index contributed by atoms with van der Waals surface area (Å²) in [7, 11) is 1.54. The van der Waals surface area contributed by atoms with Crippen molar-refractivity contribution in [2.75, 3.05) is 17.4 Å². The van der Waals surface area contributed by atoms with Gasteiger partial charge in [0.1, 0.15) is 17.5 Å². The number of primary amides is 1. The lowest BCUT2D eigenvalue weighted by atomic mass is 10.1. The minimum absolute atomic E-state index is 0.143. The molecule has 0 aliphatic carbocycles. The number of hydrogen-bond donors (Lipinski definition) is 2. The van der Waals surface area contributed by atoms with Crippen molar-refractivity contribution in [3.8, 4) is 5.75 Å². The minimum Gasteiger partial charge on any atom is -0.495 e. The molecule has 0 saturated heterocycles. The molecule has 1 heterocycles. The van der Waals surface area contributed by atoms with Crippen LogP contribution in [0.1, 0.15) is 12.0 Å². The molecule has 0 spiro atoms. The molecule has 3 rings (SSSR count). The minimum atomic E-state index is -0.697. The second kappa shape index (κ2) is 7.26. The number of nitrogens with two attached hydrogens (primary N) is 1. The van der Waals surface area contributed by atoms with E-state index in [1.165, 1.54) is 12.1 Å². The summed E-state index contributed by atoms with van der Waals surface area (Å²) in [5, 5.41) is 8.62.